The molecule has 0 radical (unpaired) electrons. The van der Waals surface area contributed by atoms with E-state index in [9.17, 15) is 8.42 Å². The summed E-state index contributed by atoms with van der Waals surface area (Å²) in [6, 6.07) is 5.51. The lowest BCUT2D eigenvalue weighted by Gasteiger charge is -2.12. The van der Waals surface area contributed by atoms with Crippen LogP contribution in [-0.4, -0.2) is 37.2 Å². The fraction of sp³-hybridized carbons (Fsp3) is 0.500. The molecule has 106 valence electrons. The molecule has 2 N–H and O–H groups in total. The zero-order valence-electron chi connectivity index (χ0n) is 10.3. The van der Waals surface area contributed by atoms with Gasteiger partial charge in [-0.3, -0.25) is 4.55 Å². The van der Waals surface area contributed by atoms with Gasteiger partial charge >= 0.3 is 0 Å². The highest BCUT2D eigenvalue weighted by atomic mass is 32.2. The van der Waals surface area contributed by atoms with Gasteiger partial charge in [0.25, 0.3) is 10.1 Å². The van der Waals surface area contributed by atoms with Crippen molar-refractivity contribution in [2.24, 2.45) is 5.92 Å². The van der Waals surface area contributed by atoms with Crippen LogP contribution < -0.4 is 9.47 Å². The minimum Gasteiger partial charge on any atom is -0.454 e. The lowest BCUT2D eigenvalue weighted by atomic mass is 10.0. The third kappa shape index (κ3) is 4.09. The lowest BCUT2D eigenvalue weighted by molar-refractivity contribution is 0.174. The van der Waals surface area contributed by atoms with Crippen molar-refractivity contribution in [1.82, 2.24) is 0 Å². The third-order valence-corrected chi connectivity index (χ3v) is 3.88. The first-order valence-electron chi connectivity index (χ1n) is 5.92. The van der Waals surface area contributed by atoms with Gasteiger partial charge in [0.05, 0.1) is 5.75 Å². The summed E-state index contributed by atoms with van der Waals surface area (Å²) in [6.45, 7) is -0.0643. The highest BCUT2D eigenvalue weighted by molar-refractivity contribution is 7.85. The van der Waals surface area contributed by atoms with Crippen molar-refractivity contribution in [1.29, 1.82) is 0 Å². The van der Waals surface area contributed by atoms with Crippen LogP contribution in [0.15, 0.2) is 18.2 Å². The van der Waals surface area contributed by atoms with Crippen molar-refractivity contribution < 1.29 is 27.6 Å². The number of benzene rings is 1. The van der Waals surface area contributed by atoms with Gasteiger partial charge in [-0.05, 0) is 36.5 Å². The van der Waals surface area contributed by atoms with E-state index in [1.165, 1.54) is 0 Å². The molecular formula is C12H16O6S. The number of fused-ring (bicyclic) bond motifs is 1. The predicted molar refractivity (Wildman–Crippen MR) is 67.9 cm³/mol. The first-order chi connectivity index (χ1) is 8.98. The number of aryl methyl sites for hydroxylation is 1. The molecule has 7 heteroatoms. The first kappa shape index (κ1) is 14.1. The molecule has 0 amide bonds. The molecule has 1 aliphatic rings. The number of ether oxygens (including phenoxy) is 2. The summed E-state index contributed by atoms with van der Waals surface area (Å²) < 4.78 is 40.8. The second-order valence-electron chi connectivity index (χ2n) is 4.52. The molecule has 0 spiro atoms. The predicted octanol–water partition coefficient (Wildman–Crippen LogP) is 0.844. The molecule has 0 aromatic heterocycles. The van der Waals surface area contributed by atoms with Crippen molar-refractivity contribution in [3.8, 4) is 11.5 Å². The standard InChI is InChI=1S/C12H16O6S/c13-6-10(7-19(14,15)16)2-1-9-3-4-11-12(5-9)18-8-17-11/h3-5,10,13H,1-2,6-8H2,(H,14,15,16). The number of hydrogen-bond acceptors (Lipinski definition) is 5. The van der Waals surface area contributed by atoms with Crippen LogP contribution in [0.4, 0.5) is 0 Å². The summed E-state index contributed by atoms with van der Waals surface area (Å²) in [5.74, 6) is 0.474. The molecule has 0 saturated heterocycles. The lowest BCUT2D eigenvalue weighted by Crippen LogP contribution is -2.19. The minimum atomic E-state index is -4.05. The van der Waals surface area contributed by atoms with E-state index in [1.54, 1.807) is 6.07 Å². The molecule has 1 unspecified atom stereocenters. The summed E-state index contributed by atoms with van der Waals surface area (Å²) in [7, 11) is -4.05. The van der Waals surface area contributed by atoms with E-state index in [1.807, 2.05) is 12.1 Å². The summed E-state index contributed by atoms with van der Waals surface area (Å²) in [6.07, 6.45) is 1.06. The van der Waals surface area contributed by atoms with E-state index >= 15 is 0 Å². The summed E-state index contributed by atoms with van der Waals surface area (Å²) >= 11 is 0. The number of rotatable bonds is 6. The van der Waals surface area contributed by atoms with E-state index in [0.717, 1.165) is 5.56 Å². The van der Waals surface area contributed by atoms with Gasteiger partial charge in [0.15, 0.2) is 11.5 Å². The zero-order chi connectivity index (χ0) is 13.9. The van der Waals surface area contributed by atoms with Gasteiger partial charge in [-0.25, -0.2) is 0 Å². The van der Waals surface area contributed by atoms with Crippen LogP contribution in [-0.2, 0) is 16.5 Å². The van der Waals surface area contributed by atoms with E-state index < -0.39 is 21.8 Å². The van der Waals surface area contributed by atoms with Crippen molar-refractivity contribution in [3.63, 3.8) is 0 Å². The average molecular weight is 288 g/mol. The molecular weight excluding hydrogens is 272 g/mol. The Morgan fingerprint density at radius 2 is 2.00 bits per heavy atom. The molecule has 1 aliphatic heterocycles. The van der Waals surface area contributed by atoms with E-state index in [-0.39, 0.29) is 13.4 Å². The Balaban J connectivity index is 1.94. The van der Waals surface area contributed by atoms with Gasteiger partial charge < -0.3 is 14.6 Å². The Kier molecular flexibility index (Phi) is 4.28. The SMILES string of the molecule is O=S(=O)(O)CC(CO)CCc1ccc2c(c1)OCO2. The van der Waals surface area contributed by atoms with Crippen molar-refractivity contribution in [2.45, 2.75) is 12.8 Å². The van der Waals surface area contributed by atoms with Crippen molar-refractivity contribution in [2.75, 3.05) is 19.2 Å². The molecule has 19 heavy (non-hydrogen) atoms. The normalized spacial score (nSPS) is 15.5. The third-order valence-electron chi connectivity index (χ3n) is 2.98. The van der Waals surface area contributed by atoms with Crippen molar-refractivity contribution >= 4 is 10.1 Å². The fourth-order valence-corrected chi connectivity index (χ4v) is 2.86. The fourth-order valence-electron chi connectivity index (χ4n) is 1.99. The molecule has 1 aromatic rings. The van der Waals surface area contributed by atoms with Gasteiger partial charge in [0, 0.05) is 6.61 Å². The molecule has 6 nitrogen and oxygen atoms in total. The molecule has 0 bridgehead atoms. The Morgan fingerprint density at radius 3 is 2.68 bits per heavy atom. The quantitative estimate of drug-likeness (QED) is 0.754. The molecule has 0 aliphatic carbocycles. The molecule has 1 aromatic carbocycles. The summed E-state index contributed by atoms with van der Waals surface area (Å²) in [5, 5.41) is 9.10. The molecule has 1 heterocycles. The van der Waals surface area contributed by atoms with Crippen LogP contribution in [0.5, 0.6) is 11.5 Å². The number of aliphatic hydroxyl groups excluding tert-OH is 1. The molecule has 0 fully saturated rings. The minimum absolute atomic E-state index is 0.209. The van der Waals surface area contributed by atoms with Crippen LogP contribution in [0.1, 0.15) is 12.0 Å². The summed E-state index contributed by atoms with van der Waals surface area (Å²) in [5.41, 5.74) is 0.970. The van der Waals surface area contributed by atoms with Crippen LogP contribution in [0.25, 0.3) is 0 Å². The smallest absolute Gasteiger partial charge is 0.265 e. The first-order valence-corrected chi connectivity index (χ1v) is 7.53. The largest absolute Gasteiger partial charge is 0.454 e. The van der Waals surface area contributed by atoms with Crippen LogP contribution in [0.3, 0.4) is 0 Å². The van der Waals surface area contributed by atoms with Crippen LogP contribution in [0, 0.1) is 5.92 Å². The maximum Gasteiger partial charge on any atom is 0.265 e. The molecule has 2 rings (SSSR count). The second kappa shape index (κ2) is 5.77. The topological polar surface area (TPSA) is 93.1 Å². The Morgan fingerprint density at radius 1 is 1.26 bits per heavy atom. The van der Waals surface area contributed by atoms with Gasteiger partial charge in [0.2, 0.25) is 6.79 Å². The van der Waals surface area contributed by atoms with E-state index in [4.69, 9.17) is 19.1 Å². The Labute approximate surface area is 111 Å². The Hall–Kier alpha value is -1.31. The monoisotopic (exact) mass is 288 g/mol. The summed E-state index contributed by atoms with van der Waals surface area (Å²) in [4.78, 5) is 0. The average Bonchev–Trinajstić information content (AvgIpc) is 2.80. The molecule has 0 saturated carbocycles. The van der Waals surface area contributed by atoms with Crippen LogP contribution in [0.2, 0.25) is 0 Å². The molecule has 1 atom stereocenters. The van der Waals surface area contributed by atoms with Gasteiger partial charge in [-0.1, -0.05) is 6.07 Å². The van der Waals surface area contributed by atoms with Gasteiger partial charge in [-0.15, -0.1) is 0 Å². The highest BCUT2D eigenvalue weighted by Crippen LogP contribution is 2.33. The maximum atomic E-state index is 10.8. The van der Waals surface area contributed by atoms with Gasteiger partial charge in [-0.2, -0.15) is 8.42 Å². The highest BCUT2D eigenvalue weighted by Gasteiger charge is 2.17. The van der Waals surface area contributed by atoms with E-state index in [2.05, 4.69) is 0 Å². The van der Waals surface area contributed by atoms with Crippen molar-refractivity contribution in [3.05, 3.63) is 23.8 Å². The zero-order valence-corrected chi connectivity index (χ0v) is 11.1. The van der Waals surface area contributed by atoms with Gasteiger partial charge in [0.1, 0.15) is 0 Å². The second-order valence-corrected chi connectivity index (χ2v) is 6.02. The van der Waals surface area contributed by atoms with E-state index in [0.29, 0.717) is 24.3 Å². The Bertz CT molecular complexity index is 539. The van der Waals surface area contributed by atoms with Crippen LogP contribution >= 0.6 is 0 Å². The maximum absolute atomic E-state index is 10.8. The number of aliphatic hydroxyl groups is 1. The number of hydrogen-bond donors (Lipinski definition) is 2.